The molecule has 0 aliphatic carbocycles. The molecule has 0 aliphatic heterocycles. The van der Waals surface area contributed by atoms with Crippen molar-refractivity contribution in [2.24, 2.45) is 7.05 Å². The molecule has 0 unspecified atom stereocenters. The zero-order valence-electron chi connectivity index (χ0n) is 20.1. The van der Waals surface area contributed by atoms with E-state index in [9.17, 15) is 13.6 Å². The monoisotopic (exact) mass is 495 g/mol. The molecular weight excluding hydrogens is 468 g/mol. The van der Waals surface area contributed by atoms with Gasteiger partial charge in [0, 0.05) is 45.2 Å². The SMILES string of the molecule is Cn1cc(-c2cnc(C(=O)c3ccnc(-c4c(F)cccc4F)c3)n2COCC[Si](C)(C)C)cn1. The third kappa shape index (κ3) is 5.60. The van der Waals surface area contributed by atoms with Crippen LogP contribution in [0.15, 0.2) is 55.1 Å². The van der Waals surface area contributed by atoms with E-state index in [1.165, 1.54) is 24.4 Å². The maximum absolute atomic E-state index is 14.3. The number of aromatic nitrogens is 5. The molecule has 7 nitrogen and oxygen atoms in total. The number of nitrogens with zero attached hydrogens (tertiary/aromatic N) is 5. The first-order chi connectivity index (χ1) is 16.6. The van der Waals surface area contributed by atoms with Crippen molar-refractivity contribution in [1.82, 2.24) is 24.3 Å². The largest absolute Gasteiger partial charge is 0.361 e. The smallest absolute Gasteiger partial charge is 0.228 e. The molecule has 0 N–H and O–H groups in total. The van der Waals surface area contributed by atoms with Crippen LogP contribution in [0.25, 0.3) is 22.5 Å². The van der Waals surface area contributed by atoms with Crippen LogP contribution in [0.4, 0.5) is 8.78 Å². The third-order valence-electron chi connectivity index (χ3n) is 5.52. The first-order valence-corrected chi connectivity index (χ1v) is 14.9. The third-order valence-corrected chi connectivity index (χ3v) is 7.22. The highest BCUT2D eigenvalue weighted by Crippen LogP contribution is 2.27. The van der Waals surface area contributed by atoms with Gasteiger partial charge in [-0.1, -0.05) is 25.7 Å². The van der Waals surface area contributed by atoms with E-state index in [-0.39, 0.29) is 29.4 Å². The lowest BCUT2D eigenvalue weighted by Gasteiger charge is -2.17. The normalized spacial score (nSPS) is 11.7. The zero-order valence-corrected chi connectivity index (χ0v) is 21.1. The summed E-state index contributed by atoms with van der Waals surface area (Å²) in [6.07, 6.45) is 6.48. The van der Waals surface area contributed by atoms with Crippen LogP contribution < -0.4 is 0 Å². The molecule has 0 saturated heterocycles. The molecule has 182 valence electrons. The highest BCUT2D eigenvalue weighted by atomic mass is 28.3. The van der Waals surface area contributed by atoms with E-state index in [0.717, 1.165) is 23.7 Å². The number of carbonyl (C=O) groups is 1. The topological polar surface area (TPSA) is 74.8 Å². The Bertz CT molecular complexity index is 1340. The van der Waals surface area contributed by atoms with Crippen LogP contribution in [0.2, 0.25) is 25.7 Å². The van der Waals surface area contributed by atoms with Crippen LogP contribution in [0, 0.1) is 11.6 Å². The second-order valence-corrected chi connectivity index (χ2v) is 15.1. The lowest BCUT2D eigenvalue weighted by atomic mass is 10.1. The van der Waals surface area contributed by atoms with E-state index < -0.39 is 25.5 Å². The van der Waals surface area contributed by atoms with E-state index in [0.29, 0.717) is 12.3 Å². The minimum absolute atomic E-state index is 0.0309. The first kappa shape index (κ1) is 24.6. The Morgan fingerprint density at radius 2 is 1.83 bits per heavy atom. The average molecular weight is 496 g/mol. The number of ketones is 1. The van der Waals surface area contributed by atoms with Crippen LogP contribution in [0.3, 0.4) is 0 Å². The van der Waals surface area contributed by atoms with Gasteiger partial charge >= 0.3 is 0 Å². The van der Waals surface area contributed by atoms with E-state index >= 15 is 0 Å². The maximum Gasteiger partial charge on any atom is 0.228 e. The lowest BCUT2D eigenvalue weighted by Crippen LogP contribution is -2.22. The van der Waals surface area contributed by atoms with E-state index in [1.807, 2.05) is 6.20 Å². The minimum atomic E-state index is -1.29. The molecule has 3 heterocycles. The van der Waals surface area contributed by atoms with Gasteiger partial charge in [-0.2, -0.15) is 5.10 Å². The molecule has 0 radical (unpaired) electrons. The maximum atomic E-state index is 14.3. The molecular formula is C25H27F2N5O2Si. The Labute approximate surface area is 203 Å². The van der Waals surface area contributed by atoms with Gasteiger partial charge in [-0.3, -0.25) is 19.0 Å². The van der Waals surface area contributed by atoms with Gasteiger partial charge in [0.05, 0.1) is 29.3 Å². The predicted molar refractivity (Wildman–Crippen MR) is 132 cm³/mol. The summed E-state index contributed by atoms with van der Waals surface area (Å²) in [6.45, 7) is 7.50. The Balaban J connectivity index is 1.68. The summed E-state index contributed by atoms with van der Waals surface area (Å²) in [5, 5.41) is 4.21. The van der Waals surface area contributed by atoms with Crippen LogP contribution in [-0.2, 0) is 18.5 Å². The van der Waals surface area contributed by atoms with E-state index in [2.05, 4.69) is 34.7 Å². The van der Waals surface area contributed by atoms with Crippen molar-refractivity contribution < 1.29 is 18.3 Å². The summed E-state index contributed by atoms with van der Waals surface area (Å²) < 4.78 is 37.9. The number of benzene rings is 1. The molecule has 0 bridgehead atoms. The van der Waals surface area contributed by atoms with Crippen molar-refractivity contribution in [3.63, 3.8) is 0 Å². The predicted octanol–water partition coefficient (Wildman–Crippen LogP) is 5.17. The van der Waals surface area contributed by atoms with E-state index in [4.69, 9.17) is 4.74 Å². The fraction of sp³-hybridized carbons (Fsp3) is 0.280. The van der Waals surface area contributed by atoms with Gasteiger partial charge in [0.15, 0.2) is 5.82 Å². The Hall–Kier alpha value is -3.50. The molecule has 0 spiro atoms. The number of hydrogen-bond acceptors (Lipinski definition) is 5. The number of halogens is 2. The minimum Gasteiger partial charge on any atom is -0.361 e. The summed E-state index contributed by atoms with van der Waals surface area (Å²) in [5.41, 5.74) is 1.43. The number of aryl methyl sites for hydroxylation is 1. The summed E-state index contributed by atoms with van der Waals surface area (Å²) in [5.74, 6) is -1.76. The molecule has 4 rings (SSSR count). The Kier molecular flexibility index (Phi) is 7.04. The van der Waals surface area contributed by atoms with Crippen LogP contribution in [0.1, 0.15) is 16.2 Å². The van der Waals surface area contributed by atoms with Crippen molar-refractivity contribution >= 4 is 13.9 Å². The molecule has 35 heavy (non-hydrogen) atoms. The number of imidazole rings is 1. The van der Waals surface area contributed by atoms with Gasteiger partial charge < -0.3 is 4.74 Å². The molecule has 3 aromatic heterocycles. The van der Waals surface area contributed by atoms with Crippen molar-refractivity contribution in [3.05, 3.63) is 78.1 Å². The van der Waals surface area contributed by atoms with Gasteiger partial charge in [0.2, 0.25) is 5.78 Å². The second-order valence-electron chi connectivity index (χ2n) is 9.50. The molecule has 0 fully saturated rings. The molecule has 0 saturated carbocycles. The van der Waals surface area contributed by atoms with Crippen LogP contribution in [-0.4, -0.2) is 44.8 Å². The number of carbonyl (C=O) groups excluding carboxylic acids is 1. The molecule has 0 aliphatic rings. The van der Waals surface area contributed by atoms with Crippen LogP contribution >= 0.6 is 0 Å². The van der Waals surface area contributed by atoms with E-state index in [1.54, 1.807) is 28.7 Å². The molecule has 0 amide bonds. The average Bonchev–Trinajstić information content (AvgIpc) is 3.41. The fourth-order valence-electron chi connectivity index (χ4n) is 3.59. The summed E-state index contributed by atoms with van der Waals surface area (Å²) >= 11 is 0. The van der Waals surface area contributed by atoms with Gasteiger partial charge in [0.1, 0.15) is 18.4 Å². The molecule has 4 aromatic rings. The summed E-state index contributed by atoms with van der Waals surface area (Å²) in [6, 6.07) is 7.44. The van der Waals surface area contributed by atoms with Gasteiger partial charge in [-0.25, -0.2) is 13.8 Å². The Morgan fingerprint density at radius 1 is 1.09 bits per heavy atom. The number of hydrogen-bond donors (Lipinski definition) is 0. The highest BCUT2D eigenvalue weighted by Gasteiger charge is 2.22. The zero-order chi connectivity index (χ0) is 25.2. The van der Waals surface area contributed by atoms with Gasteiger partial charge in [-0.05, 0) is 30.3 Å². The molecule has 1 aromatic carbocycles. The Morgan fingerprint density at radius 3 is 2.49 bits per heavy atom. The van der Waals surface area contributed by atoms with Crippen molar-refractivity contribution in [2.75, 3.05) is 6.61 Å². The quantitative estimate of drug-likeness (QED) is 0.182. The van der Waals surface area contributed by atoms with Crippen molar-refractivity contribution in [1.29, 1.82) is 0 Å². The van der Waals surface area contributed by atoms with Gasteiger partial charge in [-0.15, -0.1) is 0 Å². The van der Waals surface area contributed by atoms with Crippen molar-refractivity contribution in [3.8, 4) is 22.5 Å². The number of rotatable bonds is 9. The second kappa shape index (κ2) is 10.0. The van der Waals surface area contributed by atoms with Crippen LogP contribution in [0.5, 0.6) is 0 Å². The highest BCUT2D eigenvalue weighted by molar-refractivity contribution is 6.76. The molecule has 0 atom stereocenters. The number of ether oxygens (including phenoxy) is 1. The fourth-order valence-corrected chi connectivity index (χ4v) is 4.34. The standard InChI is InChI=1S/C25H27F2N5O2Si/c1-31-15-18(13-30-31)22-14-29-25(32(22)16-34-10-11-35(2,3)4)24(33)17-8-9-28-21(12-17)23-19(26)6-5-7-20(23)27/h5-9,12-15H,10-11,16H2,1-4H3. The lowest BCUT2D eigenvalue weighted by molar-refractivity contribution is 0.0821. The van der Waals surface area contributed by atoms with Gasteiger partial charge in [0.25, 0.3) is 0 Å². The summed E-state index contributed by atoms with van der Waals surface area (Å²) in [4.78, 5) is 22.0. The summed E-state index contributed by atoms with van der Waals surface area (Å²) in [7, 11) is 0.519. The molecule has 10 heteroatoms. The van der Waals surface area contributed by atoms with Crippen molar-refractivity contribution in [2.45, 2.75) is 32.4 Å². The first-order valence-electron chi connectivity index (χ1n) is 11.2. The number of pyridine rings is 1.